The van der Waals surface area contributed by atoms with E-state index in [2.05, 4.69) is 27.1 Å². The molecule has 181 valence electrons. The van der Waals surface area contributed by atoms with Crippen molar-refractivity contribution >= 4 is 32.8 Å². The molecular formula is C32H21IrN3O-2. The average molecular weight is 659 g/mol. The number of furan rings is 1. The number of benzene rings is 3. The summed E-state index contributed by atoms with van der Waals surface area (Å²) in [7, 11) is 0. The molecule has 5 heteroatoms. The fourth-order valence-electron chi connectivity index (χ4n) is 4.16. The van der Waals surface area contributed by atoms with E-state index >= 15 is 0 Å². The Bertz CT molecular complexity index is 1850. The summed E-state index contributed by atoms with van der Waals surface area (Å²) in [6, 6.07) is 34.9. The van der Waals surface area contributed by atoms with E-state index in [1.165, 1.54) is 6.20 Å². The summed E-state index contributed by atoms with van der Waals surface area (Å²) in [6.45, 7) is -2.17. The summed E-state index contributed by atoms with van der Waals surface area (Å²) in [5, 5.41) is 2.91. The monoisotopic (exact) mass is 659 g/mol. The first-order valence-electron chi connectivity index (χ1n) is 12.9. The van der Waals surface area contributed by atoms with Crippen molar-refractivity contribution in [1.82, 2.24) is 15.0 Å². The van der Waals surface area contributed by atoms with Gasteiger partial charge in [-0.3, -0.25) is 4.98 Å². The SMILES string of the molecule is [2H]C([2H])([2H])c1ccc(-c2[c-]ccc3c2oc2c4cccnc4ccc32)nc1.[Ir].[c-]1ccccc1-c1ccccn1. The third-order valence-corrected chi connectivity index (χ3v) is 5.85. The second-order valence-electron chi connectivity index (χ2n) is 8.13. The van der Waals surface area contributed by atoms with Crippen molar-refractivity contribution in [1.29, 1.82) is 0 Å². The quantitative estimate of drug-likeness (QED) is 0.178. The van der Waals surface area contributed by atoms with Crippen LogP contribution in [0, 0.1) is 19.0 Å². The van der Waals surface area contributed by atoms with E-state index in [0.29, 0.717) is 16.8 Å². The Labute approximate surface area is 232 Å². The van der Waals surface area contributed by atoms with Crippen molar-refractivity contribution in [2.45, 2.75) is 6.85 Å². The number of fused-ring (bicyclic) bond motifs is 5. The fourth-order valence-corrected chi connectivity index (χ4v) is 4.16. The van der Waals surface area contributed by atoms with Crippen LogP contribution in [0.1, 0.15) is 9.68 Å². The van der Waals surface area contributed by atoms with Crippen LogP contribution in [0.2, 0.25) is 0 Å². The second-order valence-corrected chi connectivity index (χ2v) is 8.13. The molecule has 0 aliphatic carbocycles. The Morgan fingerprint density at radius 1 is 0.676 bits per heavy atom. The Morgan fingerprint density at radius 3 is 2.35 bits per heavy atom. The molecule has 0 unspecified atom stereocenters. The van der Waals surface area contributed by atoms with Gasteiger partial charge in [0.05, 0.1) is 11.1 Å². The van der Waals surface area contributed by atoms with Crippen molar-refractivity contribution in [3.8, 4) is 22.5 Å². The van der Waals surface area contributed by atoms with Gasteiger partial charge in [0.2, 0.25) is 0 Å². The minimum absolute atomic E-state index is 0. The van der Waals surface area contributed by atoms with Crippen molar-refractivity contribution in [3.05, 3.63) is 127 Å². The molecule has 37 heavy (non-hydrogen) atoms. The first-order valence-corrected chi connectivity index (χ1v) is 11.4. The molecule has 4 nitrogen and oxygen atoms in total. The zero-order valence-corrected chi connectivity index (χ0v) is 21.9. The van der Waals surface area contributed by atoms with Crippen molar-refractivity contribution in [2.75, 3.05) is 0 Å². The molecule has 0 atom stereocenters. The van der Waals surface area contributed by atoms with Crippen molar-refractivity contribution in [3.63, 3.8) is 0 Å². The second kappa shape index (κ2) is 10.8. The Hall–Kier alpha value is -4.18. The summed E-state index contributed by atoms with van der Waals surface area (Å²) in [5.74, 6) is 0. The van der Waals surface area contributed by atoms with Gasteiger partial charge in [0.1, 0.15) is 5.58 Å². The zero-order valence-electron chi connectivity index (χ0n) is 22.5. The molecular weight excluding hydrogens is 635 g/mol. The van der Waals surface area contributed by atoms with Crippen LogP contribution in [0.15, 0.2) is 114 Å². The molecule has 0 bridgehead atoms. The van der Waals surface area contributed by atoms with E-state index in [1.807, 2.05) is 78.9 Å². The molecule has 3 aromatic carbocycles. The summed E-state index contributed by atoms with van der Waals surface area (Å²) in [4.78, 5) is 12.9. The molecule has 0 N–H and O–H groups in total. The number of nitrogens with zero attached hydrogens (tertiary/aromatic N) is 3. The van der Waals surface area contributed by atoms with Crippen LogP contribution in [-0.2, 0) is 20.1 Å². The number of aryl methyl sites for hydroxylation is 1. The molecule has 0 saturated heterocycles. The van der Waals surface area contributed by atoms with Gasteiger partial charge in [0, 0.05) is 53.6 Å². The van der Waals surface area contributed by atoms with E-state index in [9.17, 15) is 0 Å². The molecule has 0 spiro atoms. The van der Waals surface area contributed by atoms with E-state index in [4.69, 9.17) is 8.53 Å². The number of aromatic nitrogens is 3. The maximum Gasteiger partial charge on any atom is 0.130 e. The maximum atomic E-state index is 7.49. The number of pyridine rings is 3. The van der Waals surface area contributed by atoms with Crippen LogP contribution in [0.5, 0.6) is 0 Å². The van der Waals surface area contributed by atoms with Crippen LogP contribution in [0.3, 0.4) is 0 Å². The van der Waals surface area contributed by atoms with Gasteiger partial charge >= 0.3 is 0 Å². The predicted molar refractivity (Wildman–Crippen MR) is 144 cm³/mol. The minimum atomic E-state index is -2.17. The van der Waals surface area contributed by atoms with E-state index in [-0.39, 0.29) is 25.7 Å². The van der Waals surface area contributed by atoms with Gasteiger partial charge in [-0.05, 0) is 54.1 Å². The Kier molecular flexibility index (Phi) is 6.14. The molecule has 0 fully saturated rings. The average Bonchev–Trinajstić information content (AvgIpc) is 3.38. The standard InChI is InChI=1S/C21H13N2O.C11H8N.Ir/c1-13-7-9-19(23-12-13)16-5-2-4-14-15-8-10-18-17(6-3-11-22-18)21(15)24-20(14)16;1-2-6-10(7-3-1)11-8-4-5-9-12-11;/h2-4,6-12H,1H3;1-6,8-9H;/q2*-1;/i1D3;;. The molecule has 0 aliphatic heterocycles. The zero-order chi connectivity index (χ0) is 26.8. The van der Waals surface area contributed by atoms with Gasteiger partial charge in [0.25, 0.3) is 0 Å². The van der Waals surface area contributed by atoms with Crippen LogP contribution >= 0.6 is 0 Å². The number of hydrogen-bond donors (Lipinski definition) is 0. The smallest absolute Gasteiger partial charge is 0.130 e. The Morgan fingerprint density at radius 2 is 1.57 bits per heavy atom. The molecule has 0 amide bonds. The van der Waals surface area contributed by atoms with Gasteiger partial charge < -0.3 is 14.4 Å². The molecule has 0 saturated carbocycles. The largest absolute Gasteiger partial charge is 0.500 e. The molecule has 4 heterocycles. The molecule has 0 aliphatic rings. The summed E-state index contributed by atoms with van der Waals surface area (Å²) in [5.41, 5.74) is 5.87. The Balaban J connectivity index is 0.000000209. The number of rotatable bonds is 2. The van der Waals surface area contributed by atoms with Crippen molar-refractivity contribution in [2.24, 2.45) is 0 Å². The summed E-state index contributed by atoms with van der Waals surface area (Å²) in [6.07, 6.45) is 4.93. The first-order chi connectivity index (χ1) is 19.0. The molecule has 4 aromatic heterocycles. The fraction of sp³-hybridized carbons (Fsp3) is 0.0312. The van der Waals surface area contributed by atoms with Gasteiger partial charge in [-0.1, -0.05) is 35.2 Å². The normalized spacial score (nSPS) is 12.2. The number of hydrogen-bond acceptors (Lipinski definition) is 4. The van der Waals surface area contributed by atoms with Gasteiger partial charge in [-0.2, -0.15) is 0 Å². The third-order valence-electron chi connectivity index (χ3n) is 5.85. The van der Waals surface area contributed by atoms with E-state index in [1.54, 1.807) is 24.5 Å². The van der Waals surface area contributed by atoms with Gasteiger partial charge in [-0.15, -0.1) is 54.1 Å². The van der Waals surface area contributed by atoms with E-state index < -0.39 is 6.85 Å². The maximum absolute atomic E-state index is 7.49. The van der Waals surface area contributed by atoms with E-state index in [0.717, 1.165) is 38.5 Å². The van der Waals surface area contributed by atoms with Crippen LogP contribution in [0.25, 0.3) is 55.4 Å². The van der Waals surface area contributed by atoms with Crippen LogP contribution < -0.4 is 0 Å². The third kappa shape index (κ3) is 4.92. The molecule has 7 rings (SSSR count). The van der Waals surface area contributed by atoms with Crippen LogP contribution in [0.4, 0.5) is 0 Å². The van der Waals surface area contributed by atoms with Gasteiger partial charge in [0.15, 0.2) is 0 Å². The van der Waals surface area contributed by atoms with Crippen LogP contribution in [-0.4, -0.2) is 15.0 Å². The summed E-state index contributed by atoms with van der Waals surface area (Å²) >= 11 is 0. The predicted octanol–water partition coefficient (Wildman–Crippen LogP) is 7.85. The topological polar surface area (TPSA) is 51.8 Å². The molecule has 7 aromatic rings. The minimum Gasteiger partial charge on any atom is -0.500 e. The van der Waals surface area contributed by atoms with Gasteiger partial charge in [-0.25, -0.2) is 0 Å². The molecule has 1 radical (unpaired) electrons. The first kappa shape index (κ1) is 21.0. The summed E-state index contributed by atoms with van der Waals surface area (Å²) < 4.78 is 28.7. The van der Waals surface area contributed by atoms with Crippen molar-refractivity contribution < 1.29 is 28.6 Å².